The summed E-state index contributed by atoms with van der Waals surface area (Å²) < 4.78 is 49.0. The molecule has 7 nitrogen and oxygen atoms in total. The first-order valence-corrected chi connectivity index (χ1v) is 10.9. The molecule has 0 unspecified atom stereocenters. The van der Waals surface area contributed by atoms with Gasteiger partial charge in [-0.05, 0) is 42.5 Å². The highest BCUT2D eigenvalue weighted by Gasteiger charge is 2.31. The van der Waals surface area contributed by atoms with Gasteiger partial charge >= 0.3 is 6.18 Å². The number of fused-ring (bicyclic) bond motifs is 1. The Morgan fingerprint density at radius 1 is 0.765 bits per heavy atom. The highest BCUT2D eigenvalue weighted by molar-refractivity contribution is 5.98. The largest absolute Gasteiger partial charge is 0.486 e. The summed E-state index contributed by atoms with van der Waals surface area (Å²) in [7, 11) is 0. The number of amides is 2. The number of alkyl halides is 3. The van der Waals surface area contributed by atoms with Crippen molar-refractivity contribution in [3.05, 3.63) is 59.2 Å². The van der Waals surface area contributed by atoms with Crippen LogP contribution in [0.2, 0.25) is 0 Å². The quantitative estimate of drug-likeness (QED) is 0.619. The van der Waals surface area contributed by atoms with Gasteiger partial charge < -0.3 is 19.3 Å². The van der Waals surface area contributed by atoms with Gasteiger partial charge in [0.15, 0.2) is 17.3 Å². The molecule has 0 N–H and O–H groups in total. The van der Waals surface area contributed by atoms with Crippen LogP contribution >= 0.6 is 0 Å². The number of halogens is 3. The first kappa shape index (κ1) is 23.6. The van der Waals surface area contributed by atoms with Crippen LogP contribution in [0.4, 0.5) is 13.2 Å². The number of rotatable bonds is 5. The van der Waals surface area contributed by atoms with Crippen LogP contribution in [0.25, 0.3) is 0 Å². The minimum Gasteiger partial charge on any atom is -0.486 e. The normalized spacial score (nSPS) is 15.7. The lowest BCUT2D eigenvalue weighted by Crippen LogP contribution is -2.50. The average molecular weight is 476 g/mol. The van der Waals surface area contributed by atoms with Crippen molar-refractivity contribution in [2.75, 3.05) is 39.4 Å². The number of nitrogens with zero attached hydrogens (tertiary/aromatic N) is 2. The van der Waals surface area contributed by atoms with Crippen LogP contribution in [-0.2, 0) is 11.0 Å². The first-order valence-electron chi connectivity index (χ1n) is 10.9. The number of carbonyl (C=O) groups excluding carboxylic acids is 3. The lowest BCUT2D eigenvalue weighted by molar-refractivity contribution is -0.137. The molecule has 2 aliphatic heterocycles. The zero-order chi connectivity index (χ0) is 24.3. The fourth-order valence-electron chi connectivity index (χ4n) is 3.88. The Hall–Kier alpha value is -3.56. The van der Waals surface area contributed by atoms with Gasteiger partial charge in [0.2, 0.25) is 5.91 Å². The van der Waals surface area contributed by atoms with Crippen molar-refractivity contribution in [3.8, 4) is 11.5 Å². The summed E-state index contributed by atoms with van der Waals surface area (Å²) in [5.41, 5.74) is -0.202. The molecular formula is C24H23F3N2O5. The zero-order valence-corrected chi connectivity index (χ0v) is 18.3. The van der Waals surface area contributed by atoms with Gasteiger partial charge in [-0.3, -0.25) is 14.4 Å². The summed E-state index contributed by atoms with van der Waals surface area (Å²) in [4.78, 5) is 40.8. The van der Waals surface area contributed by atoms with Crippen LogP contribution in [-0.4, -0.2) is 66.8 Å². The maximum absolute atomic E-state index is 12.7. The fraction of sp³-hybridized carbons (Fsp3) is 0.375. The molecule has 0 radical (unpaired) electrons. The molecular weight excluding hydrogens is 453 g/mol. The maximum atomic E-state index is 12.7. The Balaban J connectivity index is 1.25. The average Bonchev–Trinajstić information content (AvgIpc) is 2.86. The third kappa shape index (κ3) is 5.32. The van der Waals surface area contributed by atoms with Gasteiger partial charge in [0, 0.05) is 50.1 Å². The maximum Gasteiger partial charge on any atom is 0.416 e. The number of ether oxygens (including phenoxy) is 2. The van der Waals surface area contributed by atoms with E-state index in [9.17, 15) is 27.6 Å². The van der Waals surface area contributed by atoms with Crippen molar-refractivity contribution in [2.24, 2.45) is 0 Å². The summed E-state index contributed by atoms with van der Waals surface area (Å²) >= 11 is 0. The van der Waals surface area contributed by atoms with Crippen LogP contribution in [0.5, 0.6) is 11.5 Å². The number of hydrogen-bond donors (Lipinski definition) is 0. The lowest BCUT2D eigenvalue weighted by atomic mass is 10.0. The lowest BCUT2D eigenvalue weighted by Gasteiger charge is -2.35. The van der Waals surface area contributed by atoms with Crippen molar-refractivity contribution in [3.63, 3.8) is 0 Å². The summed E-state index contributed by atoms with van der Waals surface area (Å²) in [6.45, 7) is 1.99. The summed E-state index contributed by atoms with van der Waals surface area (Å²) in [5, 5.41) is 0. The van der Waals surface area contributed by atoms with Gasteiger partial charge in [-0.15, -0.1) is 0 Å². The van der Waals surface area contributed by atoms with Crippen molar-refractivity contribution < 1.29 is 37.0 Å². The number of ketones is 1. The summed E-state index contributed by atoms with van der Waals surface area (Å²) in [6, 6.07) is 9.02. The molecule has 34 heavy (non-hydrogen) atoms. The molecule has 0 bridgehead atoms. The van der Waals surface area contributed by atoms with Crippen molar-refractivity contribution >= 4 is 17.6 Å². The van der Waals surface area contributed by atoms with Crippen LogP contribution < -0.4 is 9.47 Å². The van der Waals surface area contributed by atoms with E-state index in [1.807, 2.05) is 0 Å². The van der Waals surface area contributed by atoms with E-state index in [2.05, 4.69) is 0 Å². The predicted octanol–water partition coefficient (Wildman–Crippen LogP) is 3.42. The van der Waals surface area contributed by atoms with Gasteiger partial charge in [0.05, 0.1) is 5.56 Å². The molecule has 4 rings (SSSR count). The zero-order valence-electron chi connectivity index (χ0n) is 18.3. The molecule has 2 aliphatic rings. The monoisotopic (exact) mass is 476 g/mol. The molecule has 0 atom stereocenters. The Morgan fingerprint density at radius 3 is 2.00 bits per heavy atom. The van der Waals surface area contributed by atoms with E-state index in [1.165, 1.54) is 4.90 Å². The number of Topliss-reactive ketones (excluding diaryl/α,β-unsaturated/α-hetero) is 1. The standard InChI is InChI=1S/C24H23F3N2O5/c25-24(26,27)18-4-1-16(2-5-18)23(32)29-11-9-28(10-12-29)22(31)8-6-19(30)17-3-7-20-21(15-17)34-14-13-33-20/h1-5,7,15H,6,8-14H2. The molecule has 2 aromatic rings. The minimum atomic E-state index is -4.46. The second kappa shape index (κ2) is 9.74. The Labute approximate surface area is 194 Å². The molecule has 10 heteroatoms. The SMILES string of the molecule is O=C(CCC(=O)N1CCN(C(=O)c2ccc(C(F)(F)F)cc2)CC1)c1ccc2c(c1)OCCO2. The number of piperazine rings is 1. The van der Waals surface area contributed by atoms with Crippen LogP contribution in [0.15, 0.2) is 42.5 Å². The van der Waals surface area contributed by atoms with Gasteiger partial charge in [-0.1, -0.05) is 0 Å². The first-order chi connectivity index (χ1) is 16.2. The Bertz CT molecular complexity index is 1080. The summed E-state index contributed by atoms with van der Waals surface area (Å²) in [5.74, 6) is 0.350. The molecule has 2 amide bonds. The highest BCUT2D eigenvalue weighted by Crippen LogP contribution is 2.31. The van der Waals surface area contributed by atoms with Crippen molar-refractivity contribution in [2.45, 2.75) is 19.0 Å². The fourth-order valence-corrected chi connectivity index (χ4v) is 3.88. The molecule has 0 spiro atoms. The van der Waals surface area contributed by atoms with E-state index in [4.69, 9.17) is 9.47 Å². The Morgan fingerprint density at radius 2 is 1.35 bits per heavy atom. The van der Waals surface area contributed by atoms with Crippen molar-refractivity contribution in [1.29, 1.82) is 0 Å². The molecule has 1 fully saturated rings. The summed E-state index contributed by atoms with van der Waals surface area (Å²) in [6.07, 6.45) is -4.37. The molecule has 0 aliphatic carbocycles. The van der Waals surface area contributed by atoms with Gasteiger partial charge in [-0.25, -0.2) is 0 Å². The molecule has 180 valence electrons. The smallest absolute Gasteiger partial charge is 0.416 e. The highest BCUT2D eigenvalue weighted by atomic mass is 19.4. The molecule has 0 saturated carbocycles. The van der Waals surface area contributed by atoms with Gasteiger partial charge in [0.1, 0.15) is 13.2 Å². The van der Waals surface area contributed by atoms with E-state index < -0.39 is 11.7 Å². The molecule has 2 heterocycles. The van der Waals surface area contributed by atoms with E-state index in [1.54, 1.807) is 23.1 Å². The van der Waals surface area contributed by atoms with E-state index in [0.717, 1.165) is 24.3 Å². The molecule has 2 aromatic carbocycles. The van der Waals surface area contributed by atoms with Crippen LogP contribution in [0.1, 0.15) is 39.1 Å². The molecule has 1 saturated heterocycles. The topological polar surface area (TPSA) is 76.2 Å². The van der Waals surface area contributed by atoms with Gasteiger partial charge in [-0.2, -0.15) is 13.2 Å². The minimum absolute atomic E-state index is 0.0418. The number of benzene rings is 2. The Kier molecular flexibility index (Phi) is 6.76. The number of hydrogen-bond acceptors (Lipinski definition) is 5. The molecule has 0 aromatic heterocycles. The van der Waals surface area contributed by atoms with Crippen molar-refractivity contribution in [1.82, 2.24) is 9.80 Å². The predicted molar refractivity (Wildman–Crippen MR) is 115 cm³/mol. The van der Waals surface area contributed by atoms with E-state index >= 15 is 0 Å². The van der Waals surface area contributed by atoms with E-state index in [0.29, 0.717) is 43.4 Å². The van der Waals surface area contributed by atoms with Gasteiger partial charge in [0.25, 0.3) is 5.91 Å². The number of carbonyl (C=O) groups is 3. The second-order valence-electron chi connectivity index (χ2n) is 8.03. The third-order valence-electron chi connectivity index (χ3n) is 5.81. The van der Waals surface area contributed by atoms with Crippen LogP contribution in [0, 0.1) is 0 Å². The third-order valence-corrected chi connectivity index (χ3v) is 5.81. The van der Waals surface area contributed by atoms with Crippen LogP contribution in [0.3, 0.4) is 0 Å². The van der Waals surface area contributed by atoms with E-state index in [-0.39, 0.29) is 49.1 Å². The second-order valence-corrected chi connectivity index (χ2v) is 8.03.